The molecule has 3 rings (SSSR count). The molecule has 2 fully saturated rings. The summed E-state index contributed by atoms with van der Waals surface area (Å²) < 4.78 is 5.48. The fourth-order valence-corrected chi connectivity index (χ4v) is 3.09. The van der Waals surface area contributed by atoms with Crippen molar-refractivity contribution in [2.24, 2.45) is 0 Å². The van der Waals surface area contributed by atoms with Crippen LogP contribution in [-0.2, 0) is 19.7 Å². The van der Waals surface area contributed by atoms with Gasteiger partial charge in [-0.15, -0.1) is 0 Å². The highest BCUT2D eigenvalue weighted by atomic mass is 16.6. The SMILES string of the molecule is CC(C)(C)c1cccc(C2CN(C3CCC(=O)NC3=O)C(=O)O2)c1. The van der Waals surface area contributed by atoms with Crippen molar-refractivity contribution < 1.29 is 19.1 Å². The van der Waals surface area contributed by atoms with E-state index in [1.165, 1.54) is 4.90 Å². The number of carbonyl (C=O) groups excluding carboxylic acids is 3. The summed E-state index contributed by atoms with van der Waals surface area (Å²) in [4.78, 5) is 36.9. The number of cyclic esters (lactones) is 1. The van der Waals surface area contributed by atoms with Crippen LogP contribution in [0.15, 0.2) is 24.3 Å². The minimum Gasteiger partial charge on any atom is -0.439 e. The molecular weight excluding hydrogens is 308 g/mol. The van der Waals surface area contributed by atoms with Crippen molar-refractivity contribution in [2.75, 3.05) is 6.54 Å². The average Bonchev–Trinajstić information content (AvgIpc) is 2.88. The summed E-state index contributed by atoms with van der Waals surface area (Å²) in [5.74, 6) is -0.717. The van der Waals surface area contributed by atoms with E-state index in [0.29, 0.717) is 13.0 Å². The number of imide groups is 1. The number of piperidine rings is 1. The number of rotatable bonds is 2. The van der Waals surface area contributed by atoms with Crippen LogP contribution >= 0.6 is 0 Å². The first kappa shape index (κ1) is 16.5. The van der Waals surface area contributed by atoms with Crippen molar-refractivity contribution in [3.63, 3.8) is 0 Å². The van der Waals surface area contributed by atoms with Crippen molar-refractivity contribution in [3.8, 4) is 0 Å². The molecule has 24 heavy (non-hydrogen) atoms. The third-order valence-corrected chi connectivity index (χ3v) is 4.55. The van der Waals surface area contributed by atoms with Crippen LogP contribution in [0.5, 0.6) is 0 Å². The van der Waals surface area contributed by atoms with E-state index in [9.17, 15) is 14.4 Å². The predicted octanol–water partition coefficient (Wildman–Crippen LogP) is 2.28. The molecule has 1 N–H and O–H groups in total. The topological polar surface area (TPSA) is 75.7 Å². The van der Waals surface area contributed by atoms with Crippen molar-refractivity contribution in [3.05, 3.63) is 35.4 Å². The Morgan fingerprint density at radius 3 is 2.62 bits per heavy atom. The molecule has 2 aliphatic rings. The first-order chi connectivity index (χ1) is 11.3. The summed E-state index contributed by atoms with van der Waals surface area (Å²) in [5.41, 5.74) is 2.09. The summed E-state index contributed by atoms with van der Waals surface area (Å²) >= 11 is 0. The van der Waals surface area contributed by atoms with Gasteiger partial charge < -0.3 is 4.74 Å². The van der Waals surface area contributed by atoms with Gasteiger partial charge in [0.05, 0.1) is 6.54 Å². The molecule has 128 valence electrons. The van der Waals surface area contributed by atoms with E-state index in [2.05, 4.69) is 32.2 Å². The maximum absolute atomic E-state index is 12.2. The first-order valence-electron chi connectivity index (χ1n) is 8.17. The minimum atomic E-state index is -0.633. The van der Waals surface area contributed by atoms with Crippen molar-refractivity contribution >= 4 is 17.9 Å². The molecule has 2 aliphatic heterocycles. The van der Waals surface area contributed by atoms with Gasteiger partial charge in [0.25, 0.3) is 0 Å². The quantitative estimate of drug-likeness (QED) is 0.844. The average molecular weight is 330 g/mol. The van der Waals surface area contributed by atoms with Gasteiger partial charge in [-0.2, -0.15) is 0 Å². The van der Waals surface area contributed by atoms with E-state index in [1.807, 2.05) is 18.2 Å². The number of ether oxygens (including phenoxy) is 1. The number of hydrogen-bond donors (Lipinski definition) is 1. The molecule has 0 bridgehead atoms. The minimum absolute atomic E-state index is 0.00191. The Bertz CT molecular complexity index is 693. The van der Waals surface area contributed by atoms with Crippen molar-refractivity contribution in [2.45, 2.75) is 51.2 Å². The summed E-state index contributed by atoms with van der Waals surface area (Å²) in [7, 11) is 0. The van der Waals surface area contributed by atoms with Crippen LogP contribution in [0.2, 0.25) is 0 Å². The third kappa shape index (κ3) is 3.13. The van der Waals surface area contributed by atoms with E-state index in [4.69, 9.17) is 4.74 Å². The van der Waals surface area contributed by atoms with Gasteiger partial charge in [-0.3, -0.25) is 19.8 Å². The van der Waals surface area contributed by atoms with E-state index < -0.39 is 24.1 Å². The molecule has 6 heteroatoms. The Kier molecular flexibility index (Phi) is 4.07. The molecule has 0 saturated carbocycles. The van der Waals surface area contributed by atoms with Crippen LogP contribution in [0.1, 0.15) is 50.8 Å². The zero-order valence-corrected chi connectivity index (χ0v) is 14.2. The second-order valence-electron chi connectivity index (χ2n) is 7.37. The molecule has 6 nitrogen and oxygen atoms in total. The molecule has 2 unspecified atom stereocenters. The number of benzene rings is 1. The Balaban J connectivity index is 1.78. The van der Waals surface area contributed by atoms with Gasteiger partial charge in [0.15, 0.2) is 0 Å². The number of nitrogens with zero attached hydrogens (tertiary/aromatic N) is 1. The summed E-state index contributed by atoms with van der Waals surface area (Å²) in [6.45, 7) is 6.70. The molecule has 2 saturated heterocycles. The van der Waals surface area contributed by atoms with Crippen LogP contribution in [0, 0.1) is 0 Å². The lowest BCUT2D eigenvalue weighted by atomic mass is 9.85. The standard InChI is InChI=1S/C18H22N2O4/c1-18(2,3)12-6-4-5-11(9-12)14-10-20(17(23)24-14)13-7-8-15(21)19-16(13)22/h4-6,9,13-14H,7-8,10H2,1-3H3,(H,19,21,22). The number of nitrogens with one attached hydrogen (secondary N) is 1. The highest BCUT2D eigenvalue weighted by Gasteiger charge is 2.42. The zero-order chi connectivity index (χ0) is 17.5. The second kappa shape index (κ2) is 5.92. The molecule has 0 aromatic heterocycles. The molecule has 1 aromatic carbocycles. The van der Waals surface area contributed by atoms with Crippen molar-refractivity contribution in [1.82, 2.24) is 10.2 Å². The fraction of sp³-hybridized carbons (Fsp3) is 0.500. The number of hydrogen-bond acceptors (Lipinski definition) is 4. The highest BCUT2D eigenvalue weighted by Crippen LogP contribution is 2.32. The lowest BCUT2D eigenvalue weighted by molar-refractivity contribution is -0.136. The normalized spacial score (nSPS) is 24.8. The number of amides is 3. The molecule has 2 heterocycles. The van der Waals surface area contributed by atoms with E-state index in [1.54, 1.807) is 0 Å². The molecule has 0 radical (unpaired) electrons. The van der Waals surface area contributed by atoms with Gasteiger partial charge in [0.1, 0.15) is 12.1 Å². The van der Waals surface area contributed by atoms with Crippen molar-refractivity contribution in [1.29, 1.82) is 0 Å². The zero-order valence-electron chi connectivity index (χ0n) is 14.2. The molecule has 3 amide bonds. The fourth-order valence-electron chi connectivity index (χ4n) is 3.09. The number of carbonyl (C=O) groups is 3. The third-order valence-electron chi connectivity index (χ3n) is 4.55. The molecule has 1 aromatic rings. The Morgan fingerprint density at radius 2 is 1.96 bits per heavy atom. The summed E-state index contributed by atoms with van der Waals surface area (Å²) in [6.07, 6.45) is -0.320. The summed E-state index contributed by atoms with van der Waals surface area (Å²) in [6, 6.07) is 7.36. The molecule has 2 atom stereocenters. The Morgan fingerprint density at radius 1 is 1.21 bits per heavy atom. The van der Waals surface area contributed by atoms with Gasteiger partial charge in [0.2, 0.25) is 11.8 Å². The van der Waals surface area contributed by atoms with E-state index >= 15 is 0 Å². The van der Waals surface area contributed by atoms with E-state index in [-0.39, 0.29) is 17.7 Å². The first-order valence-corrected chi connectivity index (χ1v) is 8.17. The van der Waals surface area contributed by atoms with Crippen LogP contribution in [0.4, 0.5) is 4.79 Å². The molecule has 0 aliphatic carbocycles. The van der Waals surface area contributed by atoms with Crippen LogP contribution < -0.4 is 5.32 Å². The second-order valence-corrected chi connectivity index (χ2v) is 7.37. The van der Waals surface area contributed by atoms with Crippen LogP contribution in [0.3, 0.4) is 0 Å². The summed E-state index contributed by atoms with van der Waals surface area (Å²) in [5, 5.41) is 2.28. The van der Waals surface area contributed by atoms with Gasteiger partial charge in [-0.1, -0.05) is 45.0 Å². The Labute approximate surface area is 141 Å². The van der Waals surface area contributed by atoms with E-state index in [0.717, 1.165) is 11.1 Å². The predicted molar refractivity (Wildman–Crippen MR) is 87.2 cm³/mol. The van der Waals surface area contributed by atoms with Gasteiger partial charge in [-0.25, -0.2) is 4.79 Å². The maximum atomic E-state index is 12.2. The van der Waals surface area contributed by atoms with Gasteiger partial charge in [0, 0.05) is 6.42 Å². The van der Waals surface area contributed by atoms with Crippen LogP contribution in [-0.4, -0.2) is 35.4 Å². The van der Waals surface area contributed by atoms with Gasteiger partial charge in [-0.05, 0) is 23.0 Å². The Hall–Kier alpha value is -2.37. The van der Waals surface area contributed by atoms with Gasteiger partial charge >= 0.3 is 6.09 Å². The lowest BCUT2D eigenvalue weighted by Gasteiger charge is -2.27. The molecular formula is C18H22N2O4. The maximum Gasteiger partial charge on any atom is 0.411 e. The largest absolute Gasteiger partial charge is 0.439 e. The highest BCUT2D eigenvalue weighted by molar-refractivity contribution is 6.01. The smallest absolute Gasteiger partial charge is 0.411 e. The lowest BCUT2D eigenvalue weighted by Crippen LogP contribution is -2.52. The molecule has 0 spiro atoms. The monoisotopic (exact) mass is 330 g/mol. The van der Waals surface area contributed by atoms with Crippen LogP contribution in [0.25, 0.3) is 0 Å².